The molecule has 1 aliphatic rings. The number of benzene rings is 3. The quantitative estimate of drug-likeness (QED) is 0.557. The summed E-state index contributed by atoms with van der Waals surface area (Å²) < 4.78 is 0. The van der Waals surface area contributed by atoms with E-state index < -0.39 is 0 Å². The minimum atomic E-state index is -0.206. The van der Waals surface area contributed by atoms with Crippen molar-refractivity contribution in [2.24, 2.45) is 0 Å². The summed E-state index contributed by atoms with van der Waals surface area (Å²) >= 11 is 0. The van der Waals surface area contributed by atoms with Crippen molar-refractivity contribution < 1.29 is 14.4 Å². The number of anilines is 3. The second-order valence-electron chi connectivity index (χ2n) is 8.26. The number of amides is 3. The molecule has 34 heavy (non-hydrogen) atoms. The van der Waals surface area contributed by atoms with Gasteiger partial charge in [0, 0.05) is 48.3 Å². The summed E-state index contributed by atoms with van der Waals surface area (Å²) in [5.41, 5.74) is 3.38. The fraction of sp³-hybridized carbons (Fsp3) is 0.222. The van der Waals surface area contributed by atoms with Gasteiger partial charge in [-0.05, 0) is 73.5 Å². The van der Waals surface area contributed by atoms with Gasteiger partial charge in [0.25, 0.3) is 11.8 Å². The van der Waals surface area contributed by atoms with Crippen LogP contribution in [0.3, 0.4) is 0 Å². The van der Waals surface area contributed by atoms with Gasteiger partial charge >= 0.3 is 0 Å². The molecule has 3 amide bonds. The van der Waals surface area contributed by atoms with Gasteiger partial charge in [-0.3, -0.25) is 14.4 Å². The number of hydrogen-bond acceptors (Lipinski definition) is 4. The minimum absolute atomic E-state index is 0.0360. The highest BCUT2D eigenvalue weighted by molar-refractivity contribution is 6.06. The first-order valence-corrected chi connectivity index (χ1v) is 11.4. The van der Waals surface area contributed by atoms with Crippen molar-refractivity contribution >= 4 is 34.8 Å². The number of carbonyl (C=O) groups is 3. The molecule has 7 heteroatoms. The van der Waals surface area contributed by atoms with Crippen LogP contribution in [0.2, 0.25) is 0 Å². The van der Waals surface area contributed by atoms with Gasteiger partial charge in [0.2, 0.25) is 5.91 Å². The van der Waals surface area contributed by atoms with E-state index in [2.05, 4.69) is 10.6 Å². The number of hydrogen-bond donors (Lipinski definition) is 2. The van der Waals surface area contributed by atoms with Crippen LogP contribution in [0.1, 0.15) is 33.6 Å². The van der Waals surface area contributed by atoms with Gasteiger partial charge in [0.15, 0.2) is 0 Å². The van der Waals surface area contributed by atoms with Crippen molar-refractivity contribution in [2.45, 2.75) is 12.8 Å². The average molecular weight is 457 g/mol. The zero-order valence-corrected chi connectivity index (χ0v) is 19.2. The van der Waals surface area contributed by atoms with Gasteiger partial charge in [0.1, 0.15) is 0 Å². The molecule has 1 heterocycles. The highest BCUT2D eigenvalue weighted by atomic mass is 16.2. The lowest BCUT2D eigenvalue weighted by Crippen LogP contribution is -2.27. The summed E-state index contributed by atoms with van der Waals surface area (Å²) in [7, 11) is 1.74. The topological polar surface area (TPSA) is 81.8 Å². The van der Waals surface area contributed by atoms with E-state index in [1.54, 1.807) is 60.5 Å². The number of nitrogens with one attached hydrogen (secondary N) is 2. The van der Waals surface area contributed by atoms with Gasteiger partial charge in [-0.1, -0.05) is 18.2 Å². The number of carbonyl (C=O) groups excluding carboxylic acids is 3. The third-order valence-electron chi connectivity index (χ3n) is 5.84. The first-order chi connectivity index (χ1) is 16.5. The van der Waals surface area contributed by atoms with Gasteiger partial charge in [0.05, 0.1) is 6.54 Å². The maximum atomic E-state index is 12.7. The smallest absolute Gasteiger partial charge is 0.258 e. The van der Waals surface area contributed by atoms with E-state index in [1.165, 1.54) is 0 Å². The molecule has 7 nitrogen and oxygen atoms in total. The first kappa shape index (κ1) is 23.0. The van der Waals surface area contributed by atoms with Crippen LogP contribution >= 0.6 is 0 Å². The Morgan fingerprint density at radius 3 is 2.03 bits per heavy atom. The van der Waals surface area contributed by atoms with Crippen LogP contribution in [0.5, 0.6) is 0 Å². The van der Waals surface area contributed by atoms with Crippen molar-refractivity contribution in [3.63, 3.8) is 0 Å². The molecule has 0 atom stereocenters. The molecule has 4 rings (SSSR count). The van der Waals surface area contributed by atoms with Crippen molar-refractivity contribution in [2.75, 3.05) is 42.2 Å². The highest BCUT2D eigenvalue weighted by Crippen LogP contribution is 2.18. The molecule has 0 spiro atoms. The Labute approximate surface area is 199 Å². The number of nitrogens with zero attached hydrogens (tertiary/aromatic N) is 2. The molecule has 0 bridgehead atoms. The Morgan fingerprint density at radius 2 is 1.38 bits per heavy atom. The molecule has 2 N–H and O–H groups in total. The van der Waals surface area contributed by atoms with E-state index in [-0.39, 0.29) is 24.3 Å². The number of likely N-dealkylation sites (tertiary alicyclic amines) is 1. The van der Waals surface area contributed by atoms with Crippen LogP contribution in [-0.4, -0.2) is 49.3 Å². The monoisotopic (exact) mass is 456 g/mol. The molecule has 3 aromatic rings. The van der Waals surface area contributed by atoms with Gasteiger partial charge in [-0.15, -0.1) is 0 Å². The molecule has 0 unspecified atom stereocenters. The predicted molar refractivity (Wildman–Crippen MR) is 134 cm³/mol. The van der Waals surface area contributed by atoms with Crippen molar-refractivity contribution in [1.82, 2.24) is 4.90 Å². The van der Waals surface area contributed by atoms with Crippen LogP contribution < -0.4 is 15.5 Å². The SMILES string of the molecule is CN(C(=O)c1ccc(NCC(=O)Nc2ccc(C(=O)N3CCCC3)cc2)cc1)c1ccccc1. The molecule has 1 aliphatic heterocycles. The van der Waals surface area contributed by atoms with Crippen molar-refractivity contribution in [3.8, 4) is 0 Å². The Bertz CT molecular complexity index is 1140. The number of rotatable bonds is 7. The maximum Gasteiger partial charge on any atom is 0.258 e. The molecular formula is C27H28N4O3. The van der Waals surface area contributed by atoms with Crippen LogP contribution in [0.25, 0.3) is 0 Å². The first-order valence-electron chi connectivity index (χ1n) is 11.4. The molecule has 1 fully saturated rings. The Balaban J connectivity index is 1.27. The number of para-hydroxylation sites is 1. The Kier molecular flexibility index (Phi) is 7.22. The predicted octanol–water partition coefficient (Wildman–Crippen LogP) is 4.25. The van der Waals surface area contributed by atoms with Crippen molar-refractivity contribution in [3.05, 3.63) is 90.0 Å². The molecule has 3 aromatic carbocycles. The van der Waals surface area contributed by atoms with Gasteiger partial charge < -0.3 is 20.4 Å². The van der Waals surface area contributed by atoms with E-state index >= 15 is 0 Å². The second-order valence-corrected chi connectivity index (χ2v) is 8.26. The van der Waals surface area contributed by atoms with E-state index in [0.717, 1.165) is 37.3 Å². The molecular weight excluding hydrogens is 428 g/mol. The fourth-order valence-electron chi connectivity index (χ4n) is 3.88. The Hall–Kier alpha value is -4.13. The van der Waals surface area contributed by atoms with Crippen LogP contribution in [0, 0.1) is 0 Å². The Morgan fingerprint density at radius 1 is 0.794 bits per heavy atom. The van der Waals surface area contributed by atoms with Crippen molar-refractivity contribution in [1.29, 1.82) is 0 Å². The minimum Gasteiger partial charge on any atom is -0.376 e. The molecule has 0 aliphatic carbocycles. The summed E-state index contributed by atoms with van der Waals surface area (Å²) in [6.07, 6.45) is 2.10. The zero-order valence-electron chi connectivity index (χ0n) is 19.2. The standard InChI is InChI=1S/C27H28N4O3/c1-30(24-7-3-2-4-8-24)26(33)20-9-13-22(14-10-20)28-19-25(32)29-23-15-11-21(12-16-23)27(34)31-17-5-6-18-31/h2-4,7-16,28H,5-6,17-19H2,1H3,(H,29,32). The molecule has 1 saturated heterocycles. The maximum absolute atomic E-state index is 12.7. The summed E-state index contributed by atoms with van der Waals surface area (Å²) in [5.74, 6) is -0.279. The molecule has 174 valence electrons. The van der Waals surface area contributed by atoms with Gasteiger partial charge in [-0.25, -0.2) is 0 Å². The lowest BCUT2D eigenvalue weighted by Gasteiger charge is -2.17. The molecule has 0 aromatic heterocycles. The summed E-state index contributed by atoms with van der Waals surface area (Å²) in [6, 6.07) is 23.4. The van der Waals surface area contributed by atoms with E-state index in [9.17, 15) is 14.4 Å². The third-order valence-corrected chi connectivity index (χ3v) is 5.84. The largest absolute Gasteiger partial charge is 0.376 e. The summed E-state index contributed by atoms with van der Waals surface area (Å²) in [4.78, 5) is 40.9. The van der Waals surface area contributed by atoms with E-state index in [4.69, 9.17) is 0 Å². The van der Waals surface area contributed by atoms with E-state index in [0.29, 0.717) is 16.8 Å². The fourth-order valence-corrected chi connectivity index (χ4v) is 3.88. The lowest BCUT2D eigenvalue weighted by molar-refractivity contribution is -0.114. The van der Waals surface area contributed by atoms with E-state index in [1.807, 2.05) is 35.2 Å². The van der Waals surface area contributed by atoms with Gasteiger partial charge in [-0.2, -0.15) is 0 Å². The average Bonchev–Trinajstić information content (AvgIpc) is 3.43. The summed E-state index contributed by atoms with van der Waals surface area (Å²) in [6.45, 7) is 1.69. The zero-order chi connectivity index (χ0) is 23.9. The van der Waals surface area contributed by atoms with Crippen LogP contribution in [0.4, 0.5) is 17.1 Å². The lowest BCUT2D eigenvalue weighted by atomic mass is 10.1. The highest BCUT2D eigenvalue weighted by Gasteiger charge is 2.19. The van der Waals surface area contributed by atoms with Crippen LogP contribution in [0.15, 0.2) is 78.9 Å². The third kappa shape index (κ3) is 5.61. The van der Waals surface area contributed by atoms with Crippen LogP contribution in [-0.2, 0) is 4.79 Å². The summed E-state index contributed by atoms with van der Waals surface area (Å²) in [5, 5.41) is 5.88. The molecule has 0 saturated carbocycles. The normalized spacial score (nSPS) is 12.8. The molecule has 0 radical (unpaired) electrons. The second kappa shape index (κ2) is 10.7.